The van der Waals surface area contributed by atoms with E-state index in [0.717, 1.165) is 5.56 Å². The average Bonchev–Trinajstić information content (AvgIpc) is 2.87. The number of nitrogens with one attached hydrogen (secondary N) is 2. The van der Waals surface area contributed by atoms with Crippen molar-refractivity contribution >= 4 is 34.9 Å². The lowest BCUT2D eigenvalue weighted by molar-refractivity contribution is -0.123. The van der Waals surface area contributed by atoms with E-state index in [4.69, 9.17) is 4.74 Å². The summed E-state index contributed by atoms with van der Waals surface area (Å²) in [6.45, 7) is 2.65. The highest BCUT2D eigenvalue weighted by Crippen LogP contribution is 2.33. The molecule has 0 fully saturated rings. The van der Waals surface area contributed by atoms with Gasteiger partial charge in [0.15, 0.2) is 0 Å². The van der Waals surface area contributed by atoms with Crippen LogP contribution >= 0.6 is 0 Å². The highest BCUT2D eigenvalue weighted by Gasteiger charge is 2.33. The summed E-state index contributed by atoms with van der Waals surface area (Å²) in [6.07, 6.45) is 0.705. The van der Waals surface area contributed by atoms with Crippen LogP contribution in [0.1, 0.15) is 12.5 Å². The van der Waals surface area contributed by atoms with Crippen LogP contribution in [0.3, 0.4) is 0 Å². The molecule has 1 aliphatic heterocycles. The lowest BCUT2D eigenvalue weighted by Gasteiger charge is -2.35. The van der Waals surface area contributed by atoms with Crippen LogP contribution in [0.2, 0.25) is 0 Å². The van der Waals surface area contributed by atoms with Crippen molar-refractivity contribution in [3.63, 3.8) is 0 Å². The second-order valence-electron chi connectivity index (χ2n) is 8.03. The van der Waals surface area contributed by atoms with Crippen LogP contribution in [0, 0.1) is 0 Å². The molecule has 2 N–H and O–H groups in total. The number of hydrogen-bond donors (Lipinski definition) is 2. The smallest absolute Gasteiger partial charge is 0.326 e. The van der Waals surface area contributed by atoms with Gasteiger partial charge in [0.1, 0.15) is 18.8 Å². The predicted octanol–water partition coefficient (Wildman–Crippen LogP) is 3.83. The van der Waals surface area contributed by atoms with E-state index >= 15 is 0 Å². The highest BCUT2D eigenvalue weighted by molar-refractivity contribution is 6.15. The van der Waals surface area contributed by atoms with Gasteiger partial charge in [-0.2, -0.15) is 0 Å². The Morgan fingerprint density at radius 3 is 2.31 bits per heavy atom. The Balaban J connectivity index is 1.41. The van der Waals surface area contributed by atoms with E-state index in [-0.39, 0.29) is 24.9 Å². The number of carbonyl (C=O) groups is 3. The number of anilines is 3. The van der Waals surface area contributed by atoms with Crippen molar-refractivity contribution in [1.82, 2.24) is 5.32 Å². The molecule has 8 heteroatoms. The van der Waals surface area contributed by atoms with Gasteiger partial charge in [-0.05, 0) is 55.3 Å². The normalized spacial score (nSPS) is 12.7. The molecule has 0 spiro atoms. The summed E-state index contributed by atoms with van der Waals surface area (Å²) in [6, 6.07) is 23.5. The Kier molecular flexibility index (Phi) is 7.62. The van der Waals surface area contributed by atoms with Gasteiger partial charge in [0.2, 0.25) is 11.8 Å². The third-order valence-electron chi connectivity index (χ3n) is 5.60. The molecule has 0 radical (unpaired) electrons. The van der Waals surface area contributed by atoms with Crippen molar-refractivity contribution in [3.8, 4) is 5.75 Å². The van der Waals surface area contributed by atoms with Crippen molar-refractivity contribution in [3.05, 3.63) is 84.4 Å². The summed E-state index contributed by atoms with van der Waals surface area (Å²) in [5.74, 6) is 0.127. The van der Waals surface area contributed by atoms with E-state index in [2.05, 4.69) is 10.6 Å². The molecule has 35 heavy (non-hydrogen) atoms. The number of urea groups is 1. The molecule has 4 rings (SSSR count). The van der Waals surface area contributed by atoms with Crippen molar-refractivity contribution < 1.29 is 19.1 Å². The Morgan fingerprint density at radius 2 is 1.60 bits per heavy atom. The number of para-hydroxylation sites is 2. The molecule has 0 saturated heterocycles. The van der Waals surface area contributed by atoms with Gasteiger partial charge in [-0.3, -0.25) is 19.4 Å². The molecule has 4 amide bonds. The summed E-state index contributed by atoms with van der Waals surface area (Å²) in [5, 5.41) is 5.70. The highest BCUT2D eigenvalue weighted by atomic mass is 16.5. The molecule has 0 aliphatic carbocycles. The molecule has 0 saturated carbocycles. The zero-order valence-corrected chi connectivity index (χ0v) is 19.6. The van der Waals surface area contributed by atoms with Crippen LogP contribution in [0.25, 0.3) is 0 Å². The molecular weight excluding hydrogens is 444 g/mol. The number of rotatable bonds is 8. The van der Waals surface area contributed by atoms with Crippen LogP contribution in [-0.2, 0) is 16.0 Å². The van der Waals surface area contributed by atoms with Crippen LogP contribution in [-0.4, -0.2) is 44.1 Å². The van der Waals surface area contributed by atoms with Gasteiger partial charge in [-0.1, -0.05) is 42.5 Å². The SMILES string of the molecule is CCOc1ccc(NC(=O)N2CC(=O)N(CC(=O)NCCc3ccccc3)c3ccccc32)cc1. The Bertz CT molecular complexity index is 1180. The minimum Gasteiger partial charge on any atom is -0.494 e. The molecule has 0 unspecified atom stereocenters. The van der Waals surface area contributed by atoms with Crippen molar-refractivity contribution in [1.29, 1.82) is 0 Å². The van der Waals surface area contributed by atoms with Gasteiger partial charge >= 0.3 is 6.03 Å². The van der Waals surface area contributed by atoms with Gasteiger partial charge in [0.25, 0.3) is 0 Å². The van der Waals surface area contributed by atoms with Crippen molar-refractivity contribution in [2.24, 2.45) is 0 Å². The quantitative estimate of drug-likeness (QED) is 0.521. The molecule has 1 heterocycles. The van der Waals surface area contributed by atoms with E-state index < -0.39 is 6.03 Å². The van der Waals surface area contributed by atoms with Crippen molar-refractivity contribution in [2.75, 3.05) is 41.4 Å². The fourth-order valence-corrected chi connectivity index (χ4v) is 3.90. The van der Waals surface area contributed by atoms with E-state index in [9.17, 15) is 14.4 Å². The maximum absolute atomic E-state index is 13.0. The fourth-order valence-electron chi connectivity index (χ4n) is 3.90. The van der Waals surface area contributed by atoms with Crippen LogP contribution in [0.5, 0.6) is 5.75 Å². The summed E-state index contributed by atoms with van der Waals surface area (Å²) >= 11 is 0. The molecule has 8 nitrogen and oxygen atoms in total. The lowest BCUT2D eigenvalue weighted by Crippen LogP contribution is -2.52. The lowest BCUT2D eigenvalue weighted by atomic mass is 10.1. The molecule has 3 aromatic rings. The molecule has 180 valence electrons. The third-order valence-corrected chi connectivity index (χ3v) is 5.60. The van der Waals surface area contributed by atoms with Gasteiger partial charge in [0, 0.05) is 12.2 Å². The number of nitrogens with zero attached hydrogens (tertiary/aromatic N) is 2. The molecule has 0 bridgehead atoms. The standard InChI is InChI=1S/C27H28N4O4/c1-2-35-22-14-12-21(13-15-22)29-27(34)31-19-26(33)30(23-10-6-7-11-24(23)31)18-25(32)28-17-16-20-8-4-3-5-9-20/h3-15H,2,16-19H2,1H3,(H,28,32)(H,29,34). The van der Waals surface area contributed by atoms with Gasteiger partial charge in [-0.25, -0.2) is 4.79 Å². The van der Waals surface area contributed by atoms with Gasteiger partial charge < -0.3 is 15.4 Å². The zero-order valence-electron chi connectivity index (χ0n) is 19.6. The maximum Gasteiger partial charge on any atom is 0.326 e. The van der Waals surface area contributed by atoms with Crippen LogP contribution in [0.15, 0.2) is 78.9 Å². The molecule has 0 aromatic heterocycles. The first-order valence-electron chi connectivity index (χ1n) is 11.6. The summed E-state index contributed by atoms with van der Waals surface area (Å²) < 4.78 is 5.43. The van der Waals surface area contributed by atoms with E-state index in [1.54, 1.807) is 48.5 Å². The van der Waals surface area contributed by atoms with Gasteiger partial charge in [0.05, 0.1) is 18.0 Å². The second kappa shape index (κ2) is 11.2. The molecule has 3 aromatic carbocycles. The first-order valence-corrected chi connectivity index (χ1v) is 11.6. The Morgan fingerprint density at radius 1 is 0.914 bits per heavy atom. The minimum atomic E-state index is -0.429. The van der Waals surface area contributed by atoms with Crippen LogP contribution in [0.4, 0.5) is 21.9 Å². The summed E-state index contributed by atoms with van der Waals surface area (Å²) in [4.78, 5) is 41.4. The first kappa shape index (κ1) is 23.8. The summed E-state index contributed by atoms with van der Waals surface area (Å²) in [7, 11) is 0. The molecular formula is C27H28N4O4. The molecule has 0 atom stereocenters. The number of hydrogen-bond acceptors (Lipinski definition) is 4. The Labute approximate surface area is 204 Å². The largest absolute Gasteiger partial charge is 0.494 e. The number of benzene rings is 3. The third kappa shape index (κ3) is 5.97. The first-order chi connectivity index (χ1) is 17.0. The van der Waals surface area contributed by atoms with E-state index in [1.807, 2.05) is 37.3 Å². The van der Waals surface area contributed by atoms with Gasteiger partial charge in [-0.15, -0.1) is 0 Å². The average molecular weight is 473 g/mol. The number of ether oxygens (including phenoxy) is 1. The van der Waals surface area contributed by atoms with E-state index in [1.165, 1.54) is 9.80 Å². The maximum atomic E-state index is 13.0. The van der Waals surface area contributed by atoms with Crippen LogP contribution < -0.4 is 25.2 Å². The molecule has 1 aliphatic rings. The van der Waals surface area contributed by atoms with E-state index in [0.29, 0.717) is 42.4 Å². The number of fused-ring (bicyclic) bond motifs is 1. The fraction of sp³-hybridized carbons (Fsp3) is 0.222. The Hall–Kier alpha value is -4.33. The summed E-state index contributed by atoms with van der Waals surface area (Å²) in [5.41, 5.74) is 2.79. The minimum absolute atomic E-state index is 0.112. The number of carbonyl (C=O) groups excluding carboxylic acids is 3. The topological polar surface area (TPSA) is 91.0 Å². The van der Waals surface area contributed by atoms with Crippen molar-refractivity contribution in [2.45, 2.75) is 13.3 Å². The predicted molar refractivity (Wildman–Crippen MR) is 136 cm³/mol. The second-order valence-corrected chi connectivity index (χ2v) is 8.03. The monoisotopic (exact) mass is 472 g/mol. The number of amides is 4. The zero-order chi connectivity index (χ0) is 24.6.